The third-order valence-electron chi connectivity index (χ3n) is 3.59. The maximum atomic E-state index is 12.7. The molecule has 0 aliphatic carbocycles. The molecule has 1 aliphatic rings. The summed E-state index contributed by atoms with van der Waals surface area (Å²) in [7, 11) is -2.37. The fourth-order valence-electron chi connectivity index (χ4n) is 2.24. The summed E-state index contributed by atoms with van der Waals surface area (Å²) in [4.78, 5) is 0.109. The van der Waals surface area contributed by atoms with E-state index in [9.17, 15) is 13.7 Å². The van der Waals surface area contributed by atoms with Crippen molar-refractivity contribution in [3.05, 3.63) is 24.3 Å². The molecule has 1 aliphatic heterocycles. The van der Waals surface area contributed by atoms with Gasteiger partial charge in [-0.05, 0) is 19.1 Å². The zero-order valence-corrected chi connectivity index (χ0v) is 12.9. The van der Waals surface area contributed by atoms with Crippen molar-refractivity contribution in [2.75, 3.05) is 26.9 Å². The summed E-state index contributed by atoms with van der Waals surface area (Å²) in [5.41, 5.74) is -1.14. The number of nitriles is 1. The third-order valence-corrected chi connectivity index (χ3v) is 5.51. The van der Waals surface area contributed by atoms with Crippen molar-refractivity contribution in [2.24, 2.45) is 0 Å². The van der Waals surface area contributed by atoms with Gasteiger partial charge in [-0.15, -0.1) is 0 Å². The Hall–Kier alpha value is -1.62. The van der Waals surface area contributed by atoms with E-state index < -0.39 is 15.6 Å². The molecule has 0 saturated carbocycles. The second kappa shape index (κ2) is 6.02. The Bertz CT molecular complexity index is 645. The van der Waals surface area contributed by atoms with Gasteiger partial charge < -0.3 is 9.47 Å². The van der Waals surface area contributed by atoms with E-state index in [0.29, 0.717) is 25.4 Å². The van der Waals surface area contributed by atoms with Crippen LogP contribution in [0.3, 0.4) is 0 Å². The van der Waals surface area contributed by atoms with Crippen LogP contribution in [0.5, 0.6) is 5.75 Å². The highest BCUT2D eigenvalue weighted by Crippen LogP contribution is 2.30. The summed E-state index contributed by atoms with van der Waals surface area (Å²) in [5.74, 6) is 0.487. The van der Waals surface area contributed by atoms with E-state index in [0.717, 1.165) is 4.31 Å². The minimum absolute atomic E-state index is 0.0877. The van der Waals surface area contributed by atoms with E-state index >= 15 is 0 Å². The van der Waals surface area contributed by atoms with Gasteiger partial charge in [0.25, 0.3) is 0 Å². The Balaban J connectivity index is 2.37. The topological polar surface area (TPSA) is 79.6 Å². The minimum atomic E-state index is -3.78. The van der Waals surface area contributed by atoms with Gasteiger partial charge in [-0.1, -0.05) is 6.07 Å². The van der Waals surface area contributed by atoms with Crippen LogP contribution in [0.4, 0.5) is 0 Å². The first kappa shape index (κ1) is 15.8. The molecule has 2 rings (SSSR count). The summed E-state index contributed by atoms with van der Waals surface area (Å²) in [6.45, 7) is 2.75. The van der Waals surface area contributed by atoms with E-state index in [1.54, 1.807) is 12.1 Å². The van der Waals surface area contributed by atoms with E-state index in [2.05, 4.69) is 6.07 Å². The summed E-state index contributed by atoms with van der Waals surface area (Å²) < 4.78 is 37.1. The van der Waals surface area contributed by atoms with E-state index in [1.165, 1.54) is 19.2 Å². The Labute approximate surface area is 124 Å². The van der Waals surface area contributed by atoms with Gasteiger partial charge in [-0.25, -0.2) is 8.42 Å². The lowest BCUT2D eigenvalue weighted by Crippen LogP contribution is -2.49. The summed E-state index contributed by atoms with van der Waals surface area (Å²) >= 11 is 0. The monoisotopic (exact) mass is 310 g/mol. The van der Waals surface area contributed by atoms with Crippen LogP contribution in [0, 0.1) is 11.3 Å². The Morgan fingerprint density at radius 1 is 1.52 bits per heavy atom. The third kappa shape index (κ3) is 2.88. The van der Waals surface area contributed by atoms with Crippen molar-refractivity contribution in [2.45, 2.75) is 23.8 Å². The van der Waals surface area contributed by atoms with E-state index in [1.807, 2.05) is 6.92 Å². The average molecular weight is 310 g/mol. The van der Waals surface area contributed by atoms with Gasteiger partial charge in [0.05, 0.1) is 24.2 Å². The zero-order valence-electron chi connectivity index (χ0n) is 12.1. The van der Waals surface area contributed by atoms with Gasteiger partial charge in [-0.3, -0.25) is 0 Å². The lowest BCUT2D eigenvalue weighted by atomic mass is 10.0. The molecule has 1 fully saturated rings. The SMILES string of the molecule is CCOc1cccc(S(=O)(=O)N(C)C2(C#N)CCOC2)c1. The van der Waals surface area contributed by atoms with Gasteiger partial charge >= 0.3 is 0 Å². The van der Waals surface area contributed by atoms with Crippen LogP contribution in [-0.4, -0.2) is 45.1 Å². The number of rotatable bonds is 5. The molecule has 0 aromatic heterocycles. The number of hydrogen-bond acceptors (Lipinski definition) is 5. The van der Waals surface area contributed by atoms with Crippen molar-refractivity contribution in [1.29, 1.82) is 5.26 Å². The molecule has 1 unspecified atom stereocenters. The molecule has 6 nitrogen and oxygen atoms in total. The van der Waals surface area contributed by atoms with Gasteiger partial charge in [0.1, 0.15) is 11.3 Å². The fourth-order valence-corrected chi connectivity index (χ4v) is 3.72. The van der Waals surface area contributed by atoms with E-state index in [-0.39, 0.29) is 11.5 Å². The highest BCUT2D eigenvalue weighted by molar-refractivity contribution is 7.89. The first-order chi connectivity index (χ1) is 9.96. The molecule has 7 heteroatoms. The smallest absolute Gasteiger partial charge is 0.244 e. The lowest BCUT2D eigenvalue weighted by molar-refractivity contribution is 0.162. The summed E-state index contributed by atoms with van der Waals surface area (Å²) in [6.07, 6.45) is 0.365. The van der Waals surface area contributed by atoms with Crippen LogP contribution in [0.25, 0.3) is 0 Å². The van der Waals surface area contributed by atoms with Crippen molar-refractivity contribution in [3.63, 3.8) is 0 Å². The molecular weight excluding hydrogens is 292 g/mol. The first-order valence-corrected chi connectivity index (χ1v) is 8.11. The number of likely N-dealkylation sites (N-methyl/N-ethyl adjacent to an activating group) is 1. The summed E-state index contributed by atoms with van der Waals surface area (Å²) in [5, 5.41) is 9.38. The highest BCUT2D eigenvalue weighted by Gasteiger charge is 2.45. The second-order valence-corrected chi connectivity index (χ2v) is 6.80. The number of benzene rings is 1. The summed E-state index contributed by atoms with van der Waals surface area (Å²) in [6, 6.07) is 8.36. The molecule has 1 atom stereocenters. The number of ether oxygens (including phenoxy) is 2. The number of nitrogens with zero attached hydrogens (tertiary/aromatic N) is 2. The first-order valence-electron chi connectivity index (χ1n) is 6.67. The van der Waals surface area contributed by atoms with Gasteiger partial charge in [-0.2, -0.15) is 9.57 Å². The van der Waals surface area contributed by atoms with Crippen LogP contribution in [-0.2, 0) is 14.8 Å². The molecule has 0 spiro atoms. The molecule has 0 N–H and O–H groups in total. The van der Waals surface area contributed by atoms with Crippen LogP contribution in [0.1, 0.15) is 13.3 Å². The Morgan fingerprint density at radius 3 is 2.86 bits per heavy atom. The molecular formula is C14H18N2O4S. The quantitative estimate of drug-likeness (QED) is 0.821. The van der Waals surface area contributed by atoms with E-state index in [4.69, 9.17) is 9.47 Å². The van der Waals surface area contributed by atoms with Crippen molar-refractivity contribution in [3.8, 4) is 11.8 Å². The number of hydrogen-bond donors (Lipinski definition) is 0. The predicted octanol–water partition coefficient (Wildman–Crippen LogP) is 1.39. The normalized spacial score (nSPS) is 22.2. The Kier molecular flexibility index (Phi) is 4.52. The predicted molar refractivity (Wildman–Crippen MR) is 76.3 cm³/mol. The largest absolute Gasteiger partial charge is 0.494 e. The van der Waals surface area contributed by atoms with Crippen LogP contribution < -0.4 is 4.74 Å². The van der Waals surface area contributed by atoms with Crippen LogP contribution >= 0.6 is 0 Å². The second-order valence-electron chi connectivity index (χ2n) is 4.83. The molecule has 1 saturated heterocycles. The van der Waals surface area contributed by atoms with Crippen molar-refractivity contribution >= 4 is 10.0 Å². The Morgan fingerprint density at radius 2 is 2.29 bits per heavy atom. The molecule has 1 heterocycles. The maximum absolute atomic E-state index is 12.7. The van der Waals surface area contributed by atoms with Crippen LogP contribution in [0.15, 0.2) is 29.2 Å². The fraction of sp³-hybridized carbons (Fsp3) is 0.500. The maximum Gasteiger partial charge on any atom is 0.244 e. The molecule has 1 aromatic rings. The minimum Gasteiger partial charge on any atom is -0.494 e. The van der Waals surface area contributed by atoms with Gasteiger partial charge in [0.2, 0.25) is 10.0 Å². The van der Waals surface area contributed by atoms with Crippen molar-refractivity contribution < 1.29 is 17.9 Å². The lowest BCUT2D eigenvalue weighted by Gasteiger charge is -2.30. The highest BCUT2D eigenvalue weighted by atomic mass is 32.2. The van der Waals surface area contributed by atoms with Gasteiger partial charge in [0.15, 0.2) is 0 Å². The standard InChI is InChI=1S/C14H18N2O4S/c1-3-20-12-5-4-6-13(9-12)21(17,18)16(2)14(10-15)7-8-19-11-14/h4-6,9H,3,7-8,11H2,1-2H3. The number of sulfonamides is 1. The molecule has 0 amide bonds. The molecule has 0 bridgehead atoms. The molecule has 1 aromatic carbocycles. The van der Waals surface area contributed by atoms with Crippen molar-refractivity contribution in [1.82, 2.24) is 4.31 Å². The molecule has 114 valence electrons. The van der Waals surface area contributed by atoms with Crippen LogP contribution in [0.2, 0.25) is 0 Å². The molecule has 0 radical (unpaired) electrons. The zero-order chi connectivity index (χ0) is 15.5. The average Bonchev–Trinajstić information content (AvgIpc) is 2.97. The van der Waals surface area contributed by atoms with Gasteiger partial charge in [0, 0.05) is 26.1 Å². The molecule has 21 heavy (non-hydrogen) atoms.